The number of benzene rings is 2. The highest BCUT2D eigenvalue weighted by Crippen LogP contribution is 2.38. The number of rotatable bonds is 2. The van der Waals surface area contributed by atoms with Crippen molar-refractivity contribution >= 4 is 5.69 Å². The number of halogens is 1. The Morgan fingerprint density at radius 2 is 2.05 bits per heavy atom. The van der Waals surface area contributed by atoms with Crippen LogP contribution in [0, 0.1) is 15.9 Å². The van der Waals surface area contributed by atoms with Gasteiger partial charge in [0, 0.05) is 6.07 Å². The molecule has 0 saturated heterocycles. The molecule has 0 bridgehead atoms. The van der Waals surface area contributed by atoms with Crippen molar-refractivity contribution in [3.63, 3.8) is 0 Å². The van der Waals surface area contributed by atoms with E-state index in [0.717, 1.165) is 0 Å². The lowest BCUT2D eigenvalue weighted by Gasteiger charge is -2.26. The second kappa shape index (κ2) is 4.80. The van der Waals surface area contributed by atoms with Gasteiger partial charge in [-0.15, -0.1) is 0 Å². The van der Waals surface area contributed by atoms with E-state index in [9.17, 15) is 14.5 Å². The number of nitro groups is 1. The van der Waals surface area contributed by atoms with Gasteiger partial charge in [0.15, 0.2) is 17.6 Å². The highest BCUT2D eigenvalue weighted by Gasteiger charge is 2.24. The fourth-order valence-electron chi connectivity index (χ4n) is 2.04. The number of fused-ring (bicyclic) bond motifs is 1. The summed E-state index contributed by atoms with van der Waals surface area (Å²) in [6.07, 6.45) is -0.431. The number of ether oxygens (including phenoxy) is 2. The maximum absolute atomic E-state index is 13.2. The molecule has 0 aromatic heterocycles. The fraction of sp³-hybridized carbons (Fsp3) is 0.143. The van der Waals surface area contributed by atoms with E-state index in [4.69, 9.17) is 9.47 Å². The second-order valence-corrected chi connectivity index (χ2v) is 4.36. The Hall–Kier alpha value is -2.63. The summed E-state index contributed by atoms with van der Waals surface area (Å²) in [5, 5.41) is 10.7. The molecule has 2 aromatic rings. The summed E-state index contributed by atoms with van der Waals surface area (Å²) in [6, 6.07) is 10.2. The predicted molar refractivity (Wildman–Crippen MR) is 68.4 cm³/mol. The molecule has 1 heterocycles. The van der Waals surface area contributed by atoms with Crippen LogP contribution in [-0.2, 0) is 0 Å². The SMILES string of the molecule is O=[N+]([O-])c1ccc2c(c1)OCC(c1cccc(F)c1)O2. The van der Waals surface area contributed by atoms with Gasteiger partial charge < -0.3 is 9.47 Å². The Morgan fingerprint density at radius 1 is 1.20 bits per heavy atom. The Balaban J connectivity index is 1.87. The van der Waals surface area contributed by atoms with Crippen LogP contribution in [0.25, 0.3) is 0 Å². The van der Waals surface area contributed by atoms with Crippen LogP contribution in [0.2, 0.25) is 0 Å². The number of hydrogen-bond donors (Lipinski definition) is 0. The van der Waals surface area contributed by atoms with E-state index in [-0.39, 0.29) is 18.1 Å². The highest BCUT2D eigenvalue weighted by molar-refractivity contribution is 5.49. The molecule has 0 fully saturated rings. The van der Waals surface area contributed by atoms with E-state index in [0.29, 0.717) is 17.1 Å². The molecule has 1 aliphatic heterocycles. The van der Waals surface area contributed by atoms with Crippen molar-refractivity contribution in [1.82, 2.24) is 0 Å². The fourth-order valence-corrected chi connectivity index (χ4v) is 2.04. The summed E-state index contributed by atoms with van der Waals surface area (Å²) in [7, 11) is 0. The van der Waals surface area contributed by atoms with Crippen molar-refractivity contribution < 1.29 is 18.8 Å². The molecule has 1 aliphatic rings. The van der Waals surface area contributed by atoms with Crippen LogP contribution in [0.15, 0.2) is 42.5 Å². The molecule has 1 unspecified atom stereocenters. The highest BCUT2D eigenvalue weighted by atomic mass is 19.1. The molecular weight excluding hydrogens is 265 g/mol. The zero-order valence-electron chi connectivity index (χ0n) is 10.3. The van der Waals surface area contributed by atoms with Crippen molar-refractivity contribution in [2.75, 3.05) is 6.61 Å². The summed E-state index contributed by atoms with van der Waals surface area (Å²) < 4.78 is 24.4. The Bertz CT molecular complexity index is 674. The first-order valence-electron chi connectivity index (χ1n) is 5.97. The van der Waals surface area contributed by atoms with Crippen LogP contribution >= 0.6 is 0 Å². The van der Waals surface area contributed by atoms with E-state index >= 15 is 0 Å². The quantitative estimate of drug-likeness (QED) is 0.623. The predicted octanol–water partition coefficient (Wildman–Crippen LogP) is 3.25. The third-order valence-electron chi connectivity index (χ3n) is 3.02. The van der Waals surface area contributed by atoms with Gasteiger partial charge in [0.05, 0.1) is 11.0 Å². The third kappa shape index (κ3) is 2.27. The average molecular weight is 275 g/mol. The summed E-state index contributed by atoms with van der Waals surface area (Å²) in [5.41, 5.74) is 0.602. The van der Waals surface area contributed by atoms with Gasteiger partial charge in [0.25, 0.3) is 5.69 Å². The van der Waals surface area contributed by atoms with Gasteiger partial charge in [-0.3, -0.25) is 10.1 Å². The first-order chi connectivity index (χ1) is 9.63. The largest absolute Gasteiger partial charge is 0.485 e. The van der Waals surface area contributed by atoms with Crippen molar-refractivity contribution in [2.24, 2.45) is 0 Å². The van der Waals surface area contributed by atoms with Crippen molar-refractivity contribution in [2.45, 2.75) is 6.10 Å². The molecule has 0 aliphatic carbocycles. The van der Waals surface area contributed by atoms with Gasteiger partial charge in [-0.25, -0.2) is 4.39 Å². The summed E-state index contributed by atoms with van der Waals surface area (Å²) >= 11 is 0. The third-order valence-corrected chi connectivity index (χ3v) is 3.02. The van der Waals surface area contributed by atoms with Gasteiger partial charge >= 0.3 is 0 Å². The van der Waals surface area contributed by atoms with Crippen LogP contribution in [-0.4, -0.2) is 11.5 Å². The van der Waals surface area contributed by atoms with Crippen LogP contribution < -0.4 is 9.47 Å². The zero-order chi connectivity index (χ0) is 14.1. The molecule has 20 heavy (non-hydrogen) atoms. The molecule has 2 aromatic carbocycles. The number of non-ortho nitro benzene ring substituents is 1. The molecule has 0 amide bonds. The molecule has 102 valence electrons. The second-order valence-electron chi connectivity index (χ2n) is 4.36. The van der Waals surface area contributed by atoms with Gasteiger partial charge in [-0.2, -0.15) is 0 Å². The average Bonchev–Trinajstić information content (AvgIpc) is 2.46. The van der Waals surface area contributed by atoms with Gasteiger partial charge in [-0.1, -0.05) is 12.1 Å². The molecule has 1 atom stereocenters. The molecule has 0 radical (unpaired) electrons. The standard InChI is InChI=1S/C14H10FNO4/c15-10-3-1-2-9(6-10)14-8-19-13-7-11(16(17)18)4-5-12(13)20-14/h1-7,14H,8H2. The summed E-state index contributed by atoms with van der Waals surface area (Å²) in [5.74, 6) is 0.392. The summed E-state index contributed by atoms with van der Waals surface area (Å²) in [6.45, 7) is 0.178. The lowest BCUT2D eigenvalue weighted by Crippen LogP contribution is -2.21. The number of nitro benzene ring substituents is 1. The lowest BCUT2D eigenvalue weighted by atomic mass is 10.1. The monoisotopic (exact) mass is 275 g/mol. The van der Waals surface area contributed by atoms with Crippen LogP contribution in [0.4, 0.5) is 10.1 Å². The topological polar surface area (TPSA) is 61.6 Å². The Kier molecular flexibility index (Phi) is 2.98. The van der Waals surface area contributed by atoms with E-state index in [1.165, 1.54) is 30.3 Å². The maximum atomic E-state index is 13.2. The Labute approximate surface area is 113 Å². The zero-order valence-corrected chi connectivity index (χ0v) is 10.3. The molecule has 0 saturated carbocycles. The van der Waals surface area contributed by atoms with Crippen LogP contribution in [0.3, 0.4) is 0 Å². The first kappa shape index (κ1) is 12.4. The van der Waals surface area contributed by atoms with E-state index < -0.39 is 11.0 Å². The number of hydrogen-bond acceptors (Lipinski definition) is 4. The Morgan fingerprint density at radius 3 is 2.80 bits per heavy atom. The molecule has 3 rings (SSSR count). The minimum absolute atomic E-state index is 0.0587. The minimum atomic E-state index is -0.498. The van der Waals surface area contributed by atoms with Crippen LogP contribution in [0.1, 0.15) is 11.7 Å². The van der Waals surface area contributed by atoms with E-state index in [1.54, 1.807) is 12.1 Å². The van der Waals surface area contributed by atoms with Crippen LogP contribution in [0.5, 0.6) is 11.5 Å². The maximum Gasteiger partial charge on any atom is 0.273 e. The number of nitrogens with zero attached hydrogens (tertiary/aromatic N) is 1. The van der Waals surface area contributed by atoms with Crippen molar-refractivity contribution in [3.8, 4) is 11.5 Å². The van der Waals surface area contributed by atoms with E-state index in [1.807, 2.05) is 0 Å². The molecular formula is C14H10FNO4. The van der Waals surface area contributed by atoms with Gasteiger partial charge in [0.1, 0.15) is 12.4 Å². The lowest BCUT2D eigenvalue weighted by molar-refractivity contribution is -0.385. The van der Waals surface area contributed by atoms with Gasteiger partial charge in [-0.05, 0) is 23.8 Å². The molecule has 5 nitrogen and oxygen atoms in total. The smallest absolute Gasteiger partial charge is 0.273 e. The molecule has 0 spiro atoms. The van der Waals surface area contributed by atoms with Crippen molar-refractivity contribution in [3.05, 3.63) is 64.0 Å². The molecule has 6 heteroatoms. The van der Waals surface area contributed by atoms with Crippen molar-refractivity contribution in [1.29, 1.82) is 0 Å². The van der Waals surface area contributed by atoms with E-state index in [2.05, 4.69) is 0 Å². The first-order valence-corrected chi connectivity index (χ1v) is 5.97. The molecule has 0 N–H and O–H groups in total. The normalized spacial score (nSPS) is 16.8. The van der Waals surface area contributed by atoms with Gasteiger partial charge in [0.2, 0.25) is 0 Å². The summed E-state index contributed by atoms with van der Waals surface area (Å²) in [4.78, 5) is 10.2. The minimum Gasteiger partial charge on any atom is -0.485 e.